The summed E-state index contributed by atoms with van der Waals surface area (Å²) in [5.74, 6) is 0.883. The standard InChI is InChI=1S/C18H31N3/c1-3-12-20-18(16-8-4-5-9-16)15-21(2)14-11-17-10-6-7-13-19-17/h6-7,10,13,16,18,20H,3-5,8-9,11-12,14-15H2,1-2H3. The van der Waals surface area contributed by atoms with Gasteiger partial charge in [0.05, 0.1) is 0 Å². The van der Waals surface area contributed by atoms with Crippen LogP contribution >= 0.6 is 0 Å². The van der Waals surface area contributed by atoms with Crippen LogP contribution in [0.1, 0.15) is 44.7 Å². The van der Waals surface area contributed by atoms with Gasteiger partial charge in [0.1, 0.15) is 0 Å². The minimum absolute atomic E-state index is 0.668. The normalized spacial score (nSPS) is 17.5. The van der Waals surface area contributed by atoms with Crippen molar-refractivity contribution in [3.63, 3.8) is 0 Å². The monoisotopic (exact) mass is 289 g/mol. The lowest BCUT2D eigenvalue weighted by molar-refractivity contribution is 0.242. The van der Waals surface area contributed by atoms with E-state index in [1.54, 1.807) is 0 Å². The van der Waals surface area contributed by atoms with Gasteiger partial charge in [-0.25, -0.2) is 0 Å². The Morgan fingerprint density at radius 3 is 2.81 bits per heavy atom. The average Bonchev–Trinajstić information content (AvgIpc) is 3.04. The molecule has 0 bridgehead atoms. The molecule has 3 heteroatoms. The first-order chi connectivity index (χ1) is 10.3. The van der Waals surface area contributed by atoms with Crippen LogP contribution in [0.4, 0.5) is 0 Å². The van der Waals surface area contributed by atoms with Crippen LogP contribution in [0.2, 0.25) is 0 Å². The van der Waals surface area contributed by atoms with E-state index in [0.717, 1.165) is 32.0 Å². The number of hydrogen-bond donors (Lipinski definition) is 1. The summed E-state index contributed by atoms with van der Waals surface area (Å²) in [5.41, 5.74) is 1.20. The number of aromatic nitrogens is 1. The Morgan fingerprint density at radius 1 is 1.33 bits per heavy atom. The highest BCUT2D eigenvalue weighted by molar-refractivity contribution is 5.03. The van der Waals surface area contributed by atoms with Gasteiger partial charge in [0.2, 0.25) is 0 Å². The highest BCUT2D eigenvalue weighted by atomic mass is 15.1. The zero-order valence-electron chi connectivity index (χ0n) is 13.7. The van der Waals surface area contributed by atoms with E-state index in [1.165, 1.54) is 37.8 Å². The second-order valence-electron chi connectivity index (χ2n) is 6.44. The Hall–Kier alpha value is -0.930. The molecule has 118 valence electrons. The Labute approximate surface area is 130 Å². The SMILES string of the molecule is CCCNC(CN(C)CCc1ccccn1)C1CCCC1. The number of nitrogens with one attached hydrogen (secondary N) is 1. The molecule has 0 aliphatic heterocycles. The number of likely N-dealkylation sites (N-methyl/N-ethyl adjacent to an activating group) is 1. The third-order valence-electron chi connectivity index (χ3n) is 4.61. The van der Waals surface area contributed by atoms with E-state index >= 15 is 0 Å². The lowest BCUT2D eigenvalue weighted by Crippen LogP contribution is -2.44. The molecule has 1 N–H and O–H groups in total. The van der Waals surface area contributed by atoms with Crippen molar-refractivity contribution in [3.8, 4) is 0 Å². The molecule has 1 aliphatic carbocycles. The van der Waals surface area contributed by atoms with Gasteiger partial charge in [0, 0.05) is 37.4 Å². The number of rotatable bonds is 9. The van der Waals surface area contributed by atoms with Crippen LogP contribution in [0.5, 0.6) is 0 Å². The van der Waals surface area contributed by atoms with Crippen LogP contribution in [0.25, 0.3) is 0 Å². The summed E-state index contributed by atoms with van der Waals surface area (Å²) in [6.45, 7) is 5.66. The van der Waals surface area contributed by atoms with Gasteiger partial charge >= 0.3 is 0 Å². The van der Waals surface area contributed by atoms with Gasteiger partial charge in [-0.15, -0.1) is 0 Å². The average molecular weight is 289 g/mol. The molecule has 1 heterocycles. The molecule has 1 fully saturated rings. The molecule has 1 aliphatic rings. The largest absolute Gasteiger partial charge is 0.312 e. The van der Waals surface area contributed by atoms with E-state index in [0.29, 0.717) is 6.04 Å². The van der Waals surface area contributed by atoms with E-state index in [9.17, 15) is 0 Å². The van der Waals surface area contributed by atoms with Crippen molar-refractivity contribution in [1.82, 2.24) is 15.2 Å². The van der Waals surface area contributed by atoms with Crippen molar-refractivity contribution >= 4 is 0 Å². The van der Waals surface area contributed by atoms with Crippen LogP contribution in [-0.4, -0.2) is 42.6 Å². The third-order valence-corrected chi connectivity index (χ3v) is 4.61. The molecule has 0 amide bonds. The van der Waals surface area contributed by atoms with Gasteiger partial charge in [-0.3, -0.25) is 4.98 Å². The first kappa shape index (κ1) is 16.4. The number of nitrogens with zero attached hydrogens (tertiary/aromatic N) is 2. The highest BCUT2D eigenvalue weighted by Crippen LogP contribution is 2.28. The molecule has 3 nitrogen and oxygen atoms in total. The van der Waals surface area contributed by atoms with Crippen molar-refractivity contribution < 1.29 is 0 Å². The third kappa shape index (κ3) is 5.76. The fraction of sp³-hybridized carbons (Fsp3) is 0.722. The predicted molar refractivity (Wildman–Crippen MR) is 89.5 cm³/mol. The Morgan fingerprint density at radius 2 is 2.14 bits per heavy atom. The molecule has 1 unspecified atom stereocenters. The molecule has 0 radical (unpaired) electrons. The van der Waals surface area contributed by atoms with Crippen molar-refractivity contribution in [3.05, 3.63) is 30.1 Å². The summed E-state index contributed by atoms with van der Waals surface area (Å²) in [7, 11) is 2.25. The van der Waals surface area contributed by atoms with E-state index < -0.39 is 0 Å². The quantitative estimate of drug-likeness (QED) is 0.757. The van der Waals surface area contributed by atoms with Gasteiger partial charge in [-0.2, -0.15) is 0 Å². The van der Waals surface area contributed by atoms with Gasteiger partial charge in [-0.1, -0.05) is 25.8 Å². The fourth-order valence-electron chi connectivity index (χ4n) is 3.35. The Bertz CT molecular complexity index is 373. The summed E-state index contributed by atoms with van der Waals surface area (Å²) in [4.78, 5) is 6.89. The Balaban J connectivity index is 1.78. The van der Waals surface area contributed by atoms with Gasteiger partial charge < -0.3 is 10.2 Å². The highest BCUT2D eigenvalue weighted by Gasteiger charge is 2.25. The number of pyridine rings is 1. The van der Waals surface area contributed by atoms with Gasteiger partial charge in [-0.05, 0) is 50.9 Å². The maximum absolute atomic E-state index is 4.41. The van der Waals surface area contributed by atoms with Gasteiger partial charge in [0.25, 0.3) is 0 Å². The van der Waals surface area contributed by atoms with Crippen molar-refractivity contribution in [1.29, 1.82) is 0 Å². The zero-order chi connectivity index (χ0) is 14.9. The van der Waals surface area contributed by atoms with Crippen LogP contribution in [0.3, 0.4) is 0 Å². The molecular weight excluding hydrogens is 258 g/mol. The minimum atomic E-state index is 0.668. The van der Waals surface area contributed by atoms with Crippen LogP contribution in [0, 0.1) is 5.92 Å². The maximum Gasteiger partial charge on any atom is 0.0416 e. The summed E-state index contributed by atoms with van der Waals surface area (Å²) < 4.78 is 0. The maximum atomic E-state index is 4.41. The van der Waals surface area contributed by atoms with Crippen LogP contribution in [-0.2, 0) is 6.42 Å². The molecule has 21 heavy (non-hydrogen) atoms. The first-order valence-electron chi connectivity index (χ1n) is 8.61. The predicted octanol–water partition coefficient (Wildman–Crippen LogP) is 3.11. The molecule has 1 aromatic rings. The van der Waals surface area contributed by atoms with E-state index in [-0.39, 0.29) is 0 Å². The molecule has 0 aromatic carbocycles. The minimum Gasteiger partial charge on any atom is -0.312 e. The van der Waals surface area contributed by atoms with Crippen molar-refractivity contribution in [2.45, 2.75) is 51.5 Å². The second-order valence-corrected chi connectivity index (χ2v) is 6.44. The summed E-state index contributed by atoms with van der Waals surface area (Å²) in [6.07, 6.45) is 9.83. The lowest BCUT2D eigenvalue weighted by Gasteiger charge is -2.29. The summed E-state index contributed by atoms with van der Waals surface area (Å²) in [6, 6.07) is 6.85. The fourth-order valence-corrected chi connectivity index (χ4v) is 3.35. The smallest absolute Gasteiger partial charge is 0.0416 e. The lowest BCUT2D eigenvalue weighted by atomic mass is 9.97. The summed E-state index contributed by atoms with van der Waals surface area (Å²) >= 11 is 0. The van der Waals surface area contributed by atoms with E-state index in [2.05, 4.69) is 41.3 Å². The van der Waals surface area contributed by atoms with E-state index in [4.69, 9.17) is 0 Å². The van der Waals surface area contributed by atoms with Crippen molar-refractivity contribution in [2.75, 3.05) is 26.7 Å². The Kier molecular flexibility index (Phi) is 7.17. The second kappa shape index (κ2) is 9.16. The van der Waals surface area contributed by atoms with E-state index in [1.807, 2.05) is 12.3 Å². The number of hydrogen-bond acceptors (Lipinski definition) is 3. The molecular formula is C18H31N3. The first-order valence-corrected chi connectivity index (χ1v) is 8.61. The summed E-state index contributed by atoms with van der Waals surface area (Å²) in [5, 5.41) is 3.78. The van der Waals surface area contributed by atoms with Crippen molar-refractivity contribution in [2.24, 2.45) is 5.92 Å². The van der Waals surface area contributed by atoms with Crippen LogP contribution < -0.4 is 5.32 Å². The topological polar surface area (TPSA) is 28.2 Å². The molecule has 0 spiro atoms. The molecule has 0 saturated heterocycles. The zero-order valence-corrected chi connectivity index (χ0v) is 13.7. The van der Waals surface area contributed by atoms with Crippen LogP contribution in [0.15, 0.2) is 24.4 Å². The van der Waals surface area contributed by atoms with Gasteiger partial charge in [0.15, 0.2) is 0 Å². The molecule has 1 atom stereocenters. The molecule has 1 aromatic heterocycles. The molecule has 1 saturated carbocycles. The molecule has 2 rings (SSSR count).